The summed E-state index contributed by atoms with van der Waals surface area (Å²) in [6.07, 6.45) is 2.00. The molecule has 20 heavy (non-hydrogen) atoms. The predicted octanol–water partition coefficient (Wildman–Crippen LogP) is 2.99. The standard InChI is InChI=1S/C14H23N3O3/c1-3-9-15-12-7-4-8-13(14(12)17(19)20)16-10-5-6-11(2)18/h4,7-8,11,15-16,18H,3,5-6,9-10H2,1-2H3. The largest absolute Gasteiger partial charge is 0.393 e. The van der Waals surface area contributed by atoms with Gasteiger partial charge in [-0.3, -0.25) is 10.1 Å². The van der Waals surface area contributed by atoms with Gasteiger partial charge in [0.1, 0.15) is 11.4 Å². The van der Waals surface area contributed by atoms with Crippen molar-refractivity contribution in [3.8, 4) is 0 Å². The van der Waals surface area contributed by atoms with Crippen molar-refractivity contribution in [3.63, 3.8) is 0 Å². The van der Waals surface area contributed by atoms with Crippen molar-refractivity contribution >= 4 is 17.1 Å². The van der Waals surface area contributed by atoms with Crippen molar-refractivity contribution in [1.29, 1.82) is 0 Å². The molecule has 1 aromatic carbocycles. The Bertz CT molecular complexity index is 436. The lowest BCUT2D eigenvalue weighted by molar-refractivity contribution is -0.383. The molecule has 0 bridgehead atoms. The average Bonchev–Trinajstić information content (AvgIpc) is 2.40. The maximum atomic E-state index is 11.2. The molecule has 3 N–H and O–H groups in total. The summed E-state index contributed by atoms with van der Waals surface area (Å²) in [5.41, 5.74) is 1.14. The number of nitrogens with zero attached hydrogens (tertiary/aromatic N) is 1. The zero-order valence-corrected chi connectivity index (χ0v) is 12.1. The first kappa shape index (κ1) is 16.2. The highest BCUT2D eigenvalue weighted by atomic mass is 16.6. The molecule has 0 fully saturated rings. The van der Waals surface area contributed by atoms with Crippen molar-refractivity contribution in [3.05, 3.63) is 28.3 Å². The lowest BCUT2D eigenvalue weighted by atomic mass is 10.2. The summed E-state index contributed by atoms with van der Waals surface area (Å²) in [5.74, 6) is 0. The SMILES string of the molecule is CCCNc1cccc(NCCCC(C)O)c1[N+](=O)[O-]. The minimum Gasteiger partial charge on any atom is -0.393 e. The van der Waals surface area contributed by atoms with E-state index >= 15 is 0 Å². The number of para-hydroxylation sites is 1. The molecule has 0 aliphatic carbocycles. The van der Waals surface area contributed by atoms with Crippen molar-refractivity contribution < 1.29 is 10.0 Å². The molecule has 0 spiro atoms. The molecule has 1 aromatic rings. The van der Waals surface area contributed by atoms with Crippen LogP contribution in [0.15, 0.2) is 18.2 Å². The minimum absolute atomic E-state index is 0.0815. The van der Waals surface area contributed by atoms with Gasteiger partial charge in [0.05, 0.1) is 11.0 Å². The fourth-order valence-electron chi connectivity index (χ4n) is 1.91. The fraction of sp³-hybridized carbons (Fsp3) is 0.571. The molecule has 0 saturated carbocycles. The monoisotopic (exact) mass is 281 g/mol. The Kier molecular flexibility index (Phi) is 6.79. The van der Waals surface area contributed by atoms with Crippen LogP contribution in [0.5, 0.6) is 0 Å². The van der Waals surface area contributed by atoms with E-state index in [9.17, 15) is 15.2 Å². The van der Waals surface area contributed by atoms with E-state index in [1.807, 2.05) is 6.92 Å². The van der Waals surface area contributed by atoms with Crippen molar-refractivity contribution in [1.82, 2.24) is 0 Å². The number of rotatable bonds is 9. The first-order chi connectivity index (χ1) is 9.56. The van der Waals surface area contributed by atoms with E-state index in [1.54, 1.807) is 25.1 Å². The second kappa shape index (κ2) is 8.37. The van der Waals surface area contributed by atoms with Gasteiger partial charge in [0, 0.05) is 13.1 Å². The summed E-state index contributed by atoms with van der Waals surface area (Å²) >= 11 is 0. The Labute approximate surface area is 119 Å². The third-order valence-electron chi connectivity index (χ3n) is 2.90. The van der Waals surface area contributed by atoms with Gasteiger partial charge < -0.3 is 15.7 Å². The van der Waals surface area contributed by atoms with E-state index in [0.717, 1.165) is 12.8 Å². The highest BCUT2D eigenvalue weighted by Crippen LogP contribution is 2.32. The minimum atomic E-state index is -0.366. The summed E-state index contributed by atoms with van der Waals surface area (Å²) < 4.78 is 0. The molecule has 0 saturated heterocycles. The fourth-order valence-corrected chi connectivity index (χ4v) is 1.91. The molecule has 1 atom stereocenters. The number of benzene rings is 1. The molecule has 0 aliphatic rings. The topological polar surface area (TPSA) is 87.4 Å². The number of nitrogens with one attached hydrogen (secondary N) is 2. The van der Waals surface area contributed by atoms with Crippen molar-refractivity contribution in [2.45, 2.75) is 39.2 Å². The van der Waals surface area contributed by atoms with E-state index in [0.29, 0.717) is 30.9 Å². The molecule has 1 rings (SSSR count). The van der Waals surface area contributed by atoms with Crippen molar-refractivity contribution in [2.24, 2.45) is 0 Å². The molecule has 6 heteroatoms. The summed E-state index contributed by atoms with van der Waals surface area (Å²) in [4.78, 5) is 10.9. The van der Waals surface area contributed by atoms with Gasteiger partial charge in [-0.15, -0.1) is 0 Å². The van der Waals surface area contributed by atoms with Gasteiger partial charge >= 0.3 is 5.69 Å². The summed E-state index contributed by atoms with van der Waals surface area (Å²) in [6.45, 7) is 5.05. The number of aliphatic hydroxyl groups excluding tert-OH is 1. The summed E-state index contributed by atoms with van der Waals surface area (Å²) in [7, 11) is 0. The van der Waals surface area contributed by atoms with Crippen LogP contribution in [0.3, 0.4) is 0 Å². The van der Waals surface area contributed by atoms with Gasteiger partial charge in [0.15, 0.2) is 0 Å². The molecule has 112 valence electrons. The molecule has 1 unspecified atom stereocenters. The third kappa shape index (κ3) is 5.05. The van der Waals surface area contributed by atoms with Crippen LogP contribution in [-0.4, -0.2) is 29.2 Å². The van der Waals surface area contributed by atoms with Gasteiger partial charge in [-0.25, -0.2) is 0 Å². The highest BCUT2D eigenvalue weighted by Gasteiger charge is 2.18. The first-order valence-corrected chi connectivity index (χ1v) is 6.99. The maximum absolute atomic E-state index is 11.2. The van der Waals surface area contributed by atoms with E-state index < -0.39 is 0 Å². The second-order valence-corrected chi connectivity index (χ2v) is 4.80. The number of anilines is 2. The van der Waals surface area contributed by atoms with E-state index in [4.69, 9.17) is 0 Å². The molecule has 0 aliphatic heterocycles. The van der Waals surface area contributed by atoms with E-state index in [-0.39, 0.29) is 16.7 Å². The van der Waals surface area contributed by atoms with Crippen LogP contribution in [0, 0.1) is 10.1 Å². The van der Waals surface area contributed by atoms with Crippen LogP contribution in [0.25, 0.3) is 0 Å². The number of aliphatic hydroxyl groups is 1. The Balaban J connectivity index is 2.76. The molecular formula is C14H23N3O3. The number of hydrogen-bond acceptors (Lipinski definition) is 5. The number of nitro groups is 1. The molecule has 0 radical (unpaired) electrons. The van der Waals surface area contributed by atoms with Crippen LogP contribution in [-0.2, 0) is 0 Å². The van der Waals surface area contributed by atoms with Crippen molar-refractivity contribution in [2.75, 3.05) is 23.7 Å². The Morgan fingerprint density at radius 2 is 1.90 bits per heavy atom. The Morgan fingerprint density at radius 3 is 2.40 bits per heavy atom. The van der Waals surface area contributed by atoms with Gasteiger partial charge in [-0.1, -0.05) is 13.0 Å². The Hall–Kier alpha value is -1.82. The highest BCUT2D eigenvalue weighted by molar-refractivity contribution is 5.76. The Morgan fingerprint density at radius 1 is 1.30 bits per heavy atom. The van der Waals surface area contributed by atoms with Crippen LogP contribution in [0.2, 0.25) is 0 Å². The zero-order chi connectivity index (χ0) is 15.0. The van der Waals surface area contributed by atoms with E-state index in [2.05, 4.69) is 10.6 Å². The smallest absolute Gasteiger partial charge is 0.315 e. The number of nitro benzene ring substituents is 1. The average molecular weight is 281 g/mol. The molecule has 6 nitrogen and oxygen atoms in total. The molecule has 0 heterocycles. The molecular weight excluding hydrogens is 258 g/mol. The lowest BCUT2D eigenvalue weighted by Crippen LogP contribution is -2.09. The van der Waals surface area contributed by atoms with Gasteiger partial charge in [0.25, 0.3) is 0 Å². The normalized spacial score (nSPS) is 11.9. The number of hydrogen-bond donors (Lipinski definition) is 3. The van der Waals surface area contributed by atoms with Crippen LogP contribution in [0.4, 0.5) is 17.1 Å². The second-order valence-electron chi connectivity index (χ2n) is 4.80. The van der Waals surface area contributed by atoms with Gasteiger partial charge in [-0.2, -0.15) is 0 Å². The zero-order valence-electron chi connectivity index (χ0n) is 12.1. The first-order valence-electron chi connectivity index (χ1n) is 6.99. The quantitative estimate of drug-likeness (QED) is 0.368. The molecule has 0 amide bonds. The predicted molar refractivity (Wildman–Crippen MR) is 81.3 cm³/mol. The summed E-state index contributed by atoms with van der Waals surface area (Å²) in [6, 6.07) is 5.22. The lowest BCUT2D eigenvalue weighted by Gasteiger charge is -2.11. The summed E-state index contributed by atoms with van der Waals surface area (Å²) in [5, 5.41) is 26.6. The van der Waals surface area contributed by atoms with Gasteiger partial charge in [0.2, 0.25) is 0 Å². The third-order valence-corrected chi connectivity index (χ3v) is 2.90. The van der Waals surface area contributed by atoms with Gasteiger partial charge in [-0.05, 0) is 38.3 Å². The van der Waals surface area contributed by atoms with Crippen LogP contribution < -0.4 is 10.6 Å². The molecule has 0 aromatic heterocycles. The van der Waals surface area contributed by atoms with E-state index in [1.165, 1.54) is 0 Å². The maximum Gasteiger partial charge on any atom is 0.315 e. The van der Waals surface area contributed by atoms with Crippen LogP contribution >= 0.6 is 0 Å². The van der Waals surface area contributed by atoms with Crippen LogP contribution in [0.1, 0.15) is 33.1 Å².